The lowest BCUT2D eigenvalue weighted by atomic mass is 10.0. The summed E-state index contributed by atoms with van der Waals surface area (Å²) < 4.78 is 38.8. The van der Waals surface area contributed by atoms with E-state index in [-0.39, 0.29) is 34.7 Å². The number of nitrogens with one attached hydrogen (secondary N) is 2. The number of aryl methyl sites for hydroxylation is 1. The predicted molar refractivity (Wildman–Crippen MR) is 124 cm³/mol. The van der Waals surface area contributed by atoms with Crippen LogP contribution in [0.1, 0.15) is 47.0 Å². The van der Waals surface area contributed by atoms with Gasteiger partial charge in [0.15, 0.2) is 6.10 Å². The number of alkyl halides is 3. The molecule has 0 aliphatic carbocycles. The molecule has 5 N–H and O–H groups in total. The Hall–Kier alpha value is -3.99. The van der Waals surface area contributed by atoms with E-state index in [0.29, 0.717) is 22.8 Å². The van der Waals surface area contributed by atoms with Gasteiger partial charge in [-0.25, -0.2) is 9.97 Å². The van der Waals surface area contributed by atoms with Gasteiger partial charge in [0.25, 0.3) is 11.8 Å². The lowest BCUT2D eigenvalue weighted by Crippen LogP contribution is -2.30. The van der Waals surface area contributed by atoms with Crippen molar-refractivity contribution in [1.82, 2.24) is 15.3 Å². The molecule has 1 atom stereocenters. The Morgan fingerprint density at radius 3 is 2.43 bits per heavy atom. The van der Waals surface area contributed by atoms with Gasteiger partial charge in [0.05, 0.1) is 11.1 Å². The highest BCUT2D eigenvalue weighted by atomic mass is 19.4. The van der Waals surface area contributed by atoms with Crippen LogP contribution in [0.2, 0.25) is 0 Å². The number of halogens is 3. The number of carbonyl (C=O) groups is 2. The number of nitrogen functional groups attached to an aromatic ring is 1. The second kappa shape index (κ2) is 10.1. The highest BCUT2D eigenvalue weighted by Crippen LogP contribution is 2.31. The molecule has 0 fully saturated rings. The number of carbonyl (C=O) groups excluding carboxylic acids is 2. The summed E-state index contributed by atoms with van der Waals surface area (Å²) in [6, 6.07) is 6.92. The van der Waals surface area contributed by atoms with E-state index < -0.39 is 23.8 Å². The molecule has 2 heterocycles. The molecule has 3 rings (SSSR count). The van der Waals surface area contributed by atoms with Crippen molar-refractivity contribution in [2.45, 2.75) is 39.1 Å². The zero-order valence-electron chi connectivity index (χ0n) is 19.1. The van der Waals surface area contributed by atoms with Crippen molar-refractivity contribution < 1.29 is 27.9 Å². The van der Waals surface area contributed by atoms with Crippen LogP contribution in [0.4, 0.5) is 24.8 Å². The minimum absolute atomic E-state index is 0.0741. The van der Waals surface area contributed by atoms with Gasteiger partial charge >= 0.3 is 6.18 Å². The van der Waals surface area contributed by atoms with Crippen molar-refractivity contribution in [2.75, 3.05) is 11.1 Å². The number of aliphatic hydroxyl groups excluding tert-OH is 1. The molecule has 3 aromatic rings. The zero-order chi connectivity index (χ0) is 25.9. The van der Waals surface area contributed by atoms with Gasteiger partial charge in [0.2, 0.25) is 0 Å². The molecular weight excluding hydrogens is 463 g/mol. The third-order valence-electron chi connectivity index (χ3n) is 5.03. The average molecular weight is 487 g/mol. The topological polar surface area (TPSA) is 130 Å². The van der Waals surface area contributed by atoms with Gasteiger partial charge in [-0.05, 0) is 56.2 Å². The van der Waals surface area contributed by atoms with Gasteiger partial charge in [-0.3, -0.25) is 9.59 Å². The van der Waals surface area contributed by atoms with Gasteiger partial charge in [-0.1, -0.05) is 12.1 Å². The lowest BCUT2D eigenvalue weighted by molar-refractivity contribution is -0.138. The van der Waals surface area contributed by atoms with E-state index in [9.17, 15) is 27.9 Å². The van der Waals surface area contributed by atoms with Crippen molar-refractivity contribution in [3.63, 3.8) is 0 Å². The number of aromatic nitrogens is 2. The molecule has 0 aliphatic rings. The van der Waals surface area contributed by atoms with Gasteiger partial charge in [0, 0.05) is 29.6 Å². The fourth-order valence-electron chi connectivity index (χ4n) is 3.30. The molecule has 11 heteroatoms. The molecule has 0 radical (unpaired) electrons. The van der Waals surface area contributed by atoms with Crippen molar-refractivity contribution in [1.29, 1.82) is 0 Å². The Morgan fingerprint density at radius 1 is 1.09 bits per heavy atom. The first kappa shape index (κ1) is 25.6. The number of amides is 2. The van der Waals surface area contributed by atoms with Crippen LogP contribution in [-0.2, 0) is 11.0 Å². The van der Waals surface area contributed by atoms with E-state index >= 15 is 0 Å². The van der Waals surface area contributed by atoms with Crippen LogP contribution in [0.5, 0.6) is 0 Å². The van der Waals surface area contributed by atoms with Crippen LogP contribution in [0.25, 0.3) is 11.1 Å². The molecule has 1 unspecified atom stereocenters. The van der Waals surface area contributed by atoms with Crippen molar-refractivity contribution in [3.05, 3.63) is 71.0 Å². The standard InChI is InChI=1S/C24H24F3N5O3/c1-12(2)31-22(34)17-9-15(10-30-21(17)28)18-11-29-19(7-13(18)3)32-23(35)20(33)14-5-4-6-16(8-14)24(25,26)27/h4-12,20,33H,1-3H3,(H2,28,30)(H,31,34)(H,29,32,35). The third-order valence-corrected chi connectivity index (χ3v) is 5.03. The molecule has 1 aromatic carbocycles. The van der Waals surface area contributed by atoms with Gasteiger partial charge in [-0.15, -0.1) is 0 Å². The molecule has 2 amide bonds. The average Bonchev–Trinajstić information content (AvgIpc) is 2.78. The number of aliphatic hydroxyl groups is 1. The quantitative estimate of drug-likeness (QED) is 0.418. The SMILES string of the molecule is Cc1cc(NC(=O)C(O)c2cccc(C(F)(F)F)c2)ncc1-c1cnc(N)c(C(=O)NC(C)C)c1. The Bertz CT molecular complexity index is 1260. The van der Waals surface area contributed by atoms with Crippen LogP contribution >= 0.6 is 0 Å². The number of pyridine rings is 2. The summed E-state index contributed by atoms with van der Waals surface area (Å²) in [5.74, 6) is -1.15. The molecule has 0 aliphatic heterocycles. The summed E-state index contributed by atoms with van der Waals surface area (Å²) in [5.41, 5.74) is 6.72. The lowest BCUT2D eigenvalue weighted by Gasteiger charge is -2.15. The normalized spacial score (nSPS) is 12.3. The smallest absolute Gasteiger partial charge is 0.383 e. The van der Waals surface area contributed by atoms with Crippen LogP contribution < -0.4 is 16.4 Å². The number of hydrogen-bond donors (Lipinski definition) is 4. The fraction of sp³-hybridized carbons (Fsp3) is 0.250. The molecule has 0 saturated heterocycles. The van der Waals surface area contributed by atoms with Gasteiger partial charge in [-0.2, -0.15) is 13.2 Å². The second-order valence-electron chi connectivity index (χ2n) is 8.18. The Kier molecular flexibility index (Phi) is 7.39. The number of rotatable bonds is 6. The monoisotopic (exact) mass is 487 g/mol. The predicted octanol–water partition coefficient (Wildman–Crippen LogP) is 3.86. The maximum atomic E-state index is 12.9. The summed E-state index contributed by atoms with van der Waals surface area (Å²) in [7, 11) is 0. The summed E-state index contributed by atoms with van der Waals surface area (Å²) in [6.07, 6.45) is -3.50. The molecule has 0 bridgehead atoms. The summed E-state index contributed by atoms with van der Waals surface area (Å²) >= 11 is 0. The molecule has 0 saturated carbocycles. The molecule has 184 valence electrons. The van der Waals surface area contributed by atoms with Crippen LogP contribution in [0, 0.1) is 6.92 Å². The Balaban J connectivity index is 1.80. The fourth-order valence-corrected chi connectivity index (χ4v) is 3.30. The first-order valence-electron chi connectivity index (χ1n) is 10.6. The van der Waals surface area contributed by atoms with Gasteiger partial charge in [0.1, 0.15) is 11.6 Å². The molecule has 0 spiro atoms. The minimum Gasteiger partial charge on any atom is -0.383 e. The van der Waals surface area contributed by atoms with Crippen LogP contribution in [0.3, 0.4) is 0 Å². The van der Waals surface area contributed by atoms with Crippen molar-refractivity contribution >= 4 is 23.5 Å². The minimum atomic E-state index is -4.60. The number of anilines is 2. The number of nitrogens with zero attached hydrogens (tertiary/aromatic N) is 2. The van der Waals surface area contributed by atoms with Crippen molar-refractivity contribution in [2.24, 2.45) is 0 Å². The van der Waals surface area contributed by atoms with E-state index in [2.05, 4.69) is 20.6 Å². The van der Waals surface area contributed by atoms with Crippen LogP contribution in [0.15, 0.2) is 48.8 Å². The highest BCUT2D eigenvalue weighted by molar-refractivity contribution is 5.99. The third kappa shape index (κ3) is 6.12. The molecule has 2 aromatic heterocycles. The van der Waals surface area contributed by atoms with E-state index in [0.717, 1.165) is 12.1 Å². The highest BCUT2D eigenvalue weighted by Gasteiger charge is 2.31. The summed E-state index contributed by atoms with van der Waals surface area (Å²) in [5, 5.41) is 15.4. The van der Waals surface area contributed by atoms with E-state index in [4.69, 9.17) is 5.73 Å². The first-order valence-corrected chi connectivity index (χ1v) is 10.6. The number of hydrogen-bond acceptors (Lipinski definition) is 6. The Morgan fingerprint density at radius 2 is 1.80 bits per heavy atom. The van der Waals surface area contributed by atoms with Crippen LogP contribution in [-0.4, -0.2) is 32.9 Å². The van der Waals surface area contributed by atoms with E-state index in [1.54, 1.807) is 13.0 Å². The number of benzene rings is 1. The molecule has 8 nitrogen and oxygen atoms in total. The van der Waals surface area contributed by atoms with E-state index in [1.807, 2.05) is 13.8 Å². The maximum absolute atomic E-state index is 12.9. The number of nitrogens with two attached hydrogens (primary N) is 1. The zero-order valence-corrected chi connectivity index (χ0v) is 19.1. The maximum Gasteiger partial charge on any atom is 0.416 e. The van der Waals surface area contributed by atoms with E-state index in [1.165, 1.54) is 24.5 Å². The van der Waals surface area contributed by atoms with Gasteiger partial charge < -0.3 is 21.5 Å². The molecular formula is C24H24F3N5O3. The summed E-state index contributed by atoms with van der Waals surface area (Å²) in [4.78, 5) is 33.1. The molecule has 35 heavy (non-hydrogen) atoms. The largest absolute Gasteiger partial charge is 0.416 e. The van der Waals surface area contributed by atoms with Crippen molar-refractivity contribution in [3.8, 4) is 11.1 Å². The first-order chi connectivity index (χ1) is 16.4. The summed E-state index contributed by atoms with van der Waals surface area (Å²) in [6.45, 7) is 5.37. The Labute approximate surface area is 199 Å². The second-order valence-corrected chi connectivity index (χ2v) is 8.18.